The molecule has 0 aliphatic carbocycles. The Labute approximate surface area is 164 Å². The number of hydrogen-bond donors (Lipinski definition) is 1. The molecule has 1 atom stereocenters. The minimum atomic E-state index is -0.933. The molecule has 1 heterocycles. The summed E-state index contributed by atoms with van der Waals surface area (Å²) in [7, 11) is 1.52. The number of amides is 1. The first kappa shape index (κ1) is 19.7. The monoisotopic (exact) mass is 384 g/mol. The zero-order valence-corrected chi connectivity index (χ0v) is 16.0. The van der Waals surface area contributed by atoms with Crippen LogP contribution in [0, 0.1) is 0 Å². The minimum Gasteiger partial charge on any atom is -0.497 e. The van der Waals surface area contributed by atoms with Gasteiger partial charge in [0.05, 0.1) is 25.9 Å². The van der Waals surface area contributed by atoms with Crippen LogP contribution in [0.1, 0.15) is 17.3 Å². The van der Waals surface area contributed by atoms with E-state index in [9.17, 15) is 9.59 Å². The highest BCUT2D eigenvalue weighted by Gasteiger charge is 2.19. The number of ether oxygens (including phenoxy) is 3. The van der Waals surface area contributed by atoms with Crippen LogP contribution in [0.5, 0.6) is 5.75 Å². The fraction of sp³-hybridized carbons (Fsp3) is 0.333. The molecule has 0 spiro atoms. The molecule has 1 N–H and O–H groups in total. The van der Waals surface area contributed by atoms with Crippen molar-refractivity contribution in [2.75, 3.05) is 43.6 Å². The Morgan fingerprint density at radius 1 is 1.11 bits per heavy atom. The van der Waals surface area contributed by atoms with Gasteiger partial charge in [-0.1, -0.05) is 6.07 Å². The second-order valence-corrected chi connectivity index (χ2v) is 6.42. The van der Waals surface area contributed by atoms with Crippen LogP contribution in [-0.4, -0.2) is 51.4 Å². The number of carbonyl (C=O) groups is 2. The highest BCUT2D eigenvalue weighted by atomic mass is 16.5. The Kier molecular flexibility index (Phi) is 6.49. The number of morpholine rings is 1. The summed E-state index contributed by atoms with van der Waals surface area (Å²) < 4.78 is 15.7. The summed E-state index contributed by atoms with van der Waals surface area (Å²) >= 11 is 0. The molecule has 0 saturated carbocycles. The first-order valence-electron chi connectivity index (χ1n) is 9.15. The maximum atomic E-state index is 12.3. The maximum absolute atomic E-state index is 12.3. The van der Waals surface area contributed by atoms with Crippen LogP contribution in [-0.2, 0) is 14.3 Å². The predicted molar refractivity (Wildman–Crippen MR) is 106 cm³/mol. The van der Waals surface area contributed by atoms with E-state index in [0.29, 0.717) is 30.2 Å². The first-order chi connectivity index (χ1) is 13.6. The average Bonchev–Trinajstić information content (AvgIpc) is 2.74. The van der Waals surface area contributed by atoms with Gasteiger partial charge in [-0.25, -0.2) is 4.79 Å². The average molecular weight is 384 g/mol. The van der Waals surface area contributed by atoms with E-state index in [1.807, 2.05) is 24.3 Å². The van der Waals surface area contributed by atoms with Gasteiger partial charge in [-0.3, -0.25) is 4.79 Å². The van der Waals surface area contributed by atoms with Crippen molar-refractivity contribution in [3.63, 3.8) is 0 Å². The number of nitrogens with one attached hydrogen (secondary N) is 1. The standard InChI is InChI=1S/C21H24N2O5/c1-15(28-21(25)16-4-3-5-19(14-16)26-2)20(24)22-17-6-8-18(9-7-17)23-10-12-27-13-11-23/h3-9,14-15H,10-13H2,1-2H3,(H,22,24)/t15-/m1/s1. The van der Waals surface area contributed by atoms with Crippen LogP contribution >= 0.6 is 0 Å². The van der Waals surface area contributed by atoms with Gasteiger partial charge in [0, 0.05) is 24.5 Å². The molecule has 1 aliphatic heterocycles. The van der Waals surface area contributed by atoms with E-state index in [2.05, 4.69) is 10.2 Å². The van der Waals surface area contributed by atoms with Gasteiger partial charge in [0.1, 0.15) is 5.75 Å². The van der Waals surface area contributed by atoms with Gasteiger partial charge in [-0.2, -0.15) is 0 Å². The van der Waals surface area contributed by atoms with E-state index in [1.165, 1.54) is 14.0 Å². The van der Waals surface area contributed by atoms with Gasteiger partial charge in [0.15, 0.2) is 6.10 Å². The molecule has 148 valence electrons. The summed E-state index contributed by atoms with van der Waals surface area (Å²) in [5, 5.41) is 2.77. The number of benzene rings is 2. The summed E-state index contributed by atoms with van der Waals surface area (Å²) in [5.41, 5.74) is 2.05. The van der Waals surface area contributed by atoms with E-state index in [1.54, 1.807) is 24.3 Å². The lowest BCUT2D eigenvalue weighted by Crippen LogP contribution is -2.36. The van der Waals surface area contributed by atoms with Crippen LogP contribution in [0.15, 0.2) is 48.5 Å². The van der Waals surface area contributed by atoms with Gasteiger partial charge < -0.3 is 24.4 Å². The van der Waals surface area contributed by atoms with Crippen LogP contribution in [0.2, 0.25) is 0 Å². The van der Waals surface area contributed by atoms with Crippen molar-refractivity contribution in [2.45, 2.75) is 13.0 Å². The summed E-state index contributed by atoms with van der Waals surface area (Å²) in [6.07, 6.45) is -0.933. The fourth-order valence-electron chi connectivity index (χ4n) is 2.85. The zero-order valence-electron chi connectivity index (χ0n) is 16.0. The molecule has 0 bridgehead atoms. The van der Waals surface area contributed by atoms with Crippen molar-refractivity contribution in [1.82, 2.24) is 0 Å². The van der Waals surface area contributed by atoms with Crippen molar-refractivity contribution < 1.29 is 23.8 Å². The Balaban J connectivity index is 1.55. The highest BCUT2D eigenvalue weighted by molar-refractivity contribution is 5.97. The van der Waals surface area contributed by atoms with Crippen molar-refractivity contribution in [2.24, 2.45) is 0 Å². The third kappa shape index (κ3) is 5.01. The summed E-state index contributed by atoms with van der Waals surface area (Å²) in [4.78, 5) is 26.8. The molecule has 28 heavy (non-hydrogen) atoms. The van der Waals surface area contributed by atoms with Crippen molar-refractivity contribution in [3.05, 3.63) is 54.1 Å². The van der Waals surface area contributed by atoms with Gasteiger partial charge in [-0.15, -0.1) is 0 Å². The van der Waals surface area contributed by atoms with Crippen LogP contribution in [0.3, 0.4) is 0 Å². The zero-order chi connectivity index (χ0) is 19.9. The lowest BCUT2D eigenvalue weighted by Gasteiger charge is -2.28. The third-order valence-electron chi connectivity index (χ3n) is 4.47. The van der Waals surface area contributed by atoms with Gasteiger partial charge in [-0.05, 0) is 49.4 Å². The fourth-order valence-corrected chi connectivity index (χ4v) is 2.85. The van der Waals surface area contributed by atoms with Crippen LogP contribution in [0.25, 0.3) is 0 Å². The van der Waals surface area contributed by atoms with Crippen molar-refractivity contribution in [3.8, 4) is 5.75 Å². The number of anilines is 2. The largest absolute Gasteiger partial charge is 0.497 e. The number of carbonyl (C=O) groups excluding carboxylic acids is 2. The Morgan fingerprint density at radius 3 is 2.50 bits per heavy atom. The molecule has 1 saturated heterocycles. The Hall–Kier alpha value is -3.06. The van der Waals surface area contributed by atoms with Crippen molar-refractivity contribution in [1.29, 1.82) is 0 Å². The van der Waals surface area contributed by atoms with Crippen LogP contribution in [0.4, 0.5) is 11.4 Å². The molecule has 0 unspecified atom stereocenters. The molecule has 0 radical (unpaired) electrons. The summed E-state index contributed by atoms with van der Waals surface area (Å²) in [5.74, 6) is -0.425. The molecular weight excluding hydrogens is 360 g/mol. The van der Waals surface area contributed by atoms with E-state index in [0.717, 1.165) is 18.8 Å². The topological polar surface area (TPSA) is 77.1 Å². The first-order valence-corrected chi connectivity index (χ1v) is 9.15. The summed E-state index contributed by atoms with van der Waals surface area (Å²) in [6.45, 7) is 4.67. The molecule has 7 heteroatoms. The minimum absolute atomic E-state index is 0.328. The highest BCUT2D eigenvalue weighted by Crippen LogP contribution is 2.19. The van der Waals surface area contributed by atoms with Gasteiger partial charge >= 0.3 is 5.97 Å². The third-order valence-corrected chi connectivity index (χ3v) is 4.47. The molecule has 7 nitrogen and oxygen atoms in total. The second-order valence-electron chi connectivity index (χ2n) is 6.42. The maximum Gasteiger partial charge on any atom is 0.339 e. The smallest absolute Gasteiger partial charge is 0.339 e. The quantitative estimate of drug-likeness (QED) is 0.772. The molecule has 1 aliphatic rings. The number of methoxy groups -OCH3 is 1. The molecule has 1 fully saturated rings. The molecule has 0 aromatic heterocycles. The van der Waals surface area contributed by atoms with E-state index >= 15 is 0 Å². The Bertz CT molecular complexity index is 816. The molecule has 2 aromatic rings. The number of esters is 1. The lowest BCUT2D eigenvalue weighted by molar-refractivity contribution is -0.123. The van der Waals surface area contributed by atoms with E-state index < -0.39 is 18.0 Å². The lowest BCUT2D eigenvalue weighted by atomic mass is 10.2. The molecular formula is C21H24N2O5. The van der Waals surface area contributed by atoms with Gasteiger partial charge in [0.25, 0.3) is 5.91 Å². The molecule has 1 amide bonds. The van der Waals surface area contributed by atoms with Gasteiger partial charge in [0.2, 0.25) is 0 Å². The van der Waals surface area contributed by atoms with Crippen molar-refractivity contribution >= 4 is 23.3 Å². The SMILES string of the molecule is COc1cccc(C(=O)O[C@H](C)C(=O)Nc2ccc(N3CCOCC3)cc2)c1. The number of rotatable bonds is 6. The number of hydrogen-bond acceptors (Lipinski definition) is 6. The summed E-state index contributed by atoms with van der Waals surface area (Å²) in [6, 6.07) is 14.2. The van der Waals surface area contributed by atoms with E-state index in [4.69, 9.17) is 14.2 Å². The normalized spacial score (nSPS) is 14.9. The van der Waals surface area contributed by atoms with E-state index in [-0.39, 0.29) is 0 Å². The van der Waals surface area contributed by atoms with Crippen LogP contribution < -0.4 is 15.0 Å². The molecule has 2 aromatic carbocycles. The Morgan fingerprint density at radius 2 is 1.82 bits per heavy atom. The predicted octanol–water partition coefficient (Wildman–Crippen LogP) is 2.72. The molecule has 3 rings (SSSR count). The number of nitrogens with zero attached hydrogens (tertiary/aromatic N) is 1. The second kappa shape index (κ2) is 9.23.